The van der Waals surface area contributed by atoms with Crippen molar-refractivity contribution < 1.29 is 9.37 Å². The highest BCUT2D eigenvalue weighted by molar-refractivity contribution is 5.74. The number of carbonyl (C=O) groups is 1. The second-order valence-corrected chi connectivity index (χ2v) is 3.10. The van der Waals surface area contributed by atoms with Gasteiger partial charge in [0.1, 0.15) is 12.8 Å². The van der Waals surface area contributed by atoms with E-state index in [2.05, 4.69) is 6.92 Å². The third-order valence-corrected chi connectivity index (χ3v) is 2.09. The van der Waals surface area contributed by atoms with Crippen LogP contribution in [0.2, 0.25) is 0 Å². The molecule has 0 aromatic heterocycles. The summed E-state index contributed by atoms with van der Waals surface area (Å²) in [4.78, 5) is 11.0. The Kier molecular flexibility index (Phi) is 2.76. The van der Waals surface area contributed by atoms with Gasteiger partial charge < -0.3 is 5.73 Å². The lowest BCUT2D eigenvalue weighted by molar-refractivity contribution is -0.450. The smallest absolute Gasteiger partial charge is 0.318 e. The fourth-order valence-electron chi connectivity index (χ4n) is 1.22. The summed E-state index contributed by atoms with van der Waals surface area (Å²) in [5.74, 6) is 0.758. The Morgan fingerprint density at radius 2 is 2.55 bits per heavy atom. The van der Waals surface area contributed by atoms with Crippen LogP contribution in [-0.4, -0.2) is 29.8 Å². The first kappa shape index (κ1) is 8.40. The van der Waals surface area contributed by atoms with E-state index in [4.69, 9.17) is 5.73 Å². The number of nitrogens with zero attached hydrogens (tertiary/aromatic N) is 1. The summed E-state index contributed by atoms with van der Waals surface area (Å²) in [6, 6.07) is 0. The van der Waals surface area contributed by atoms with Gasteiger partial charge in [0.25, 0.3) is 0 Å². The molecule has 1 amide bonds. The highest BCUT2D eigenvalue weighted by atomic mass is 16.2. The molecule has 0 radical (unpaired) electrons. The van der Waals surface area contributed by atoms with E-state index >= 15 is 0 Å². The van der Waals surface area contributed by atoms with Crippen LogP contribution in [0.4, 0.5) is 0 Å². The third kappa shape index (κ3) is 2.12. The van der Waals surface area contributed by atoms with E-state index in [9.17, 15) is 4.79 Å². The molecule has 1 aliphatic rings. The van der Waals surface area contributed by atoms with Crippen LogP contribution in [0.3, 0.4) is 0 Å². The molecule has 0 bridgehead atoms. The van der Waals surface area contributed by atoms with E-state index in [0.717, 1.165) is 25.3 Å². The average Bonchev–Trinajstić information content (AvgIpc) is 2.05. The van der Waals surface area contributed by atoms with Gasteiger partial charge in [-0.1, -0.05) is 6.92 Å². The lowest BCUT2D eigenvalue weighted by Gasteiger charge is -2.11. The molecule has 1 rings (SSSR count). The van der Waals surface area contributed by atoms with E-state index in [-0.39, 0.29) is 12.5 Å². The molecule has 1 heterocycles. The number of hydrogen-bond donors (Lipinski definition) is 1. The summed E-state index contributed by atoms with van der Waals surface area (Å²) in [5, 5.41) is 0. The van der Waals surface area contributed by atoms with Crippen LogP contribution in [0, 0.1) is 5.92 Å². The van der Waals surface area contributed by atoms with Crippen LogP contribution in [0.25, 0.3) is 0 Å². The number of rotatable bonds is 1. The predicted molar refractivity (Wildman–Crippen MR) is 43.7 cm³/mol. The molecule has 0 saturated heterocycles. The van der Waals surface area contributed by atoms with Gasteiger partial charge in [0.2, 0.25) is 0 Å². The lowest BCUT2D eigenvalue weighted by Crippen LogP contribution is -2.33. The molecular weight excluding hydrogens is 140 g/mol. The van der Waals surface area contributed by atoms with Gasteiger partial charge in [-0.15, -0.1) is 0 Å². The molecule has 0 aromatic carbocycles. The summed E-state index contributed by atoms with van der Waals surface area (Å²) in [5.41, 5.74) is 5.23. The van der Waals surface area contributed by atoms with E-state index in [0.29, 0.717) is 0 Å². The summed E-state index contributed by atoms with van der Waals surface area (Å²) in [7, 11) is 0. The molecule has 1 aliphatic heterocycles. The largest absolute Gasteiger partial charge is 0.400 e. The van der Waals surface area contributed by atoms with Crippen LogP contribution in [0.5, 0.6) is 0 Å². The van der Waals surface area contributed by atoms with Crippen LogP contribution < -0.4 is 5.73 Å². The highest BCUT2D eigenvalue weighted by Gasteiger charge is 2.20. The molecule has 1 atom stereocenters. The molecule has 2 N–H and O–H groups in total. The predicted octanol–water partition coefficient (Wildman–Crippen LogP) is -0.0151. The number of carbonyl (C=O) groups excluding carboxylic acids is 1. The van der Waals surface area contributed by atoms with Crippen molar-refractivity contribution in [2.45, 2.75) is 19.8 Å². The zero-order valence-corrected chi connectivity index (χ0v) is 6.92. The molecule has 0 spiro atoms. The first-order chi connectivity index (χ1) is 5.24. The molecule has 1 unspecified atom stereocenters. The Hall–Kier alpha value is -0.700. The summed E-state index contributed by atoms with van der Waals surface area (Å²) in [6.07, 6.45) is 4.07. The van der Waals surface area contributed by atoms with Crippen LogP contribution >= 0.6 is 0 Å². The second-order valence-electron chi connectivity index (χ2n) is 3.10. The van der Waals surface area contributed by atoms with Crippen LogP contribution in [-0.2, 0) is 4.79 Å². The molecule has 3 nitrogen and oxygen atoms in total. The van der Waals surface area contributed by atoms with Gasteiger partial charge in [0, 0.05) is 12.8 Å². The van der Waals surface area contributed by atoms with Crippen LogP contribution in [0.1, 0.15) is 19.8 Å². The average molecular weight is 155 g/mol. The maximum atomic E-state index is 11.0. The molecule has 0 aliphatic carbocycles. The Morgan fingerprint density at radius 1 is 1.82 bits per heavy atom. The molecule has 11 heavy (non-hydrogen) atoms. The summed E-state index contributed by atoms with van der Waals surface area (Å²) < 4.78 is 1.74. The monoisotopic (exact) mass is 155 g/mol. The van der Waals surface area contributed by atoms with Crippen molar-refractivity contribution >= 4 is 12.1 Å². The van der Waals surface area contributed by atoms with Crippen molar-refractivity contribution in [2.24, 2.45) is 11.7 Å². The van der Waals surface area contributed by atoms with Gasteiger partial charge in [-0.2, -0.15) is 4.58 Å². The van der Waals surface area contributed by atoms with E-state index in [1.807, 2.05) is 6.21 Å². The van der Waals surface area contributed by atoms with Crippen molar-refractivity contribution in [3.8, 4) is 0 Å². The molecule has 3 heteroatoms. The number of nitrogens with two attached hydrogens (primary N) is 1. The minimum Gasteiger partial charge on any atom is -0.318 e. The van der Waals surface area contributed by atoms with Crippen molar-refractivity contribution in [2.75, 3.05) is 13.1 Å². The highest BCUT2D eigenvalue weighted by Crippen LogP contribution is 2.09. The molecule has 62 valence electrons. The first-order valence-corrected chi connectivity index (χ1v) is 4.07. The quantitative estimate of drug-likeness (QED) is 0.541. The SMILES string of the molecule is CC1CC=[N+](C(=O)CN)CC1. The third-order valence-electron chi connectivity index (χ3n) is 2.09. The molecule has 0 fully saturated rings. The maximum absolute atomic E-state index is 11.0. The fraction of sp³-hybridized carbons (Fsp3) is 0.750. The van der Waals surface area contributed by atoms with Crippen LogP contribution in [0.15, 0.2) is 0 Å². The number of hydrogen-bond acceptors (Lipinski definition) is 2. The zero-order chi connectivity index (χ0) is 8.27. The minimum absolute atomic E-state index is 0.0388. The van der Waals surface area contributed by atoms with Gasteiger partial charge in [-0.25, -0.2) is 4.79 Å². The van der Waals surface area contributed by atoms with E-state index in [1.54, 1.807) is 4.58 Å². The topological polar surface area (TPSA) is 46.1 Å². The second kappa shape index (κ2) is 3.62. The van der Waals surface area contributed by atoms with Crippen molar-refractivity contribution in [3.63, 3.8) is 0 Å². The first-order valence-electron chi connectivity index (χ1n) is 4.07. The van der Waals surface area contributed by atoms with Crippen molar-refractivity contribution in [3.05, 3.63) is 0 Å². The van der Waals surface area contributed by atoms with Crippen molar-refractivity contribution in [1.82, 2.24) is 0 Å². The lowest BCUT2D eigenvalue weighted by atomic mass is 10.0. The fourth-order valence-corrected chi connectivity index (χ4v) is 1.22. The molecule has 0 saturated carbocycles. The maximum Gasteiger partial charge on any atom is 0.400 e. The Balaban J connectivity index is 2.54. The molecular formula is C8H15N2O+. The Morgan fingerprint density at radius 3 is 3.00 bits per heavy atom. The van der Waals surface area contributed by atoms with E-state index < -0.39 is 0 Å². The van der Waals surface area contributed by atoms with Gasteiger partial charge >= 0.3 is 5.91 Å². The summed E-state index contributed by atoms with van der Waals surface area (Å²) >= 11 is 0. The zero-order valence-electron chi connectivity index (χ0n) is 6.92. The van der Waals surface area contributed by atoms with Gasteiger partial charge in [-0.3, -0.25) is 0 Å². The van der Waals surface area contributed by atoms with Gasteiger partial charge in [-0.05, 0) is 5.92 Å². The van der Waals surface area contributed by atoms with Gasteiger partial charge in [0.15, 0.2) is 6.54 Å². The van der Waals surface area contributed by atoms with E-state index in [1.165, 1.54) is 0 Å². The Bertz CT molecular complexity index is 187. The normalized spacial score (nSPS) is 24.5. The Labute approximate surface area is 66.9 Å². The summed E-state index contributed by atoms with van der Waals surface area (Å²) in [6.45, 7) is 3.17. The van der Waals surface area contributed by atoms with Crippen molar-refractivity contribution in [1.29, 1.82) is 0 Å². The molecule has 0 aromatic rings. The standard InChI is InChI=1S/C8H15N2O/c1-7-2-4-10(5-3-7)8(11)6-9/h4,7H,2-3,5-6,9H2,1H3/q+1. The minimum atomic E-state index is 0.0388. The van der Waals surface area contributed by atoms with Gasteiger partial charge in [0.05, 0.1) is 0 Å². The number of amides is 1.